The number of aromatic amines is 1. The van der Waals surface area contributed by atoms with E-state index in [0.29, 0.717) is 17.3 Å². The molecule has 0 radical (unpaired) electrons. The van der Waals surface area contributed by atoms with E-state index in [-0.39, 0.29) is 11.3 Å². The van der Waals surface area contributed by atoms with E-state index < -0.39 is 10.8 Å². The molecule has 0 fully saturated rings. The molecular formula is C21H16N4O4. The number of carbonyl (C=O) groups is 1. The topological polar surface area (TPSA) is 110 Å². The number of imidazole rings is 1. The van der Waals surface area contributed by atoms with Crippen LogP contribution in [0.1, 0.15) is 10.4 Å². The molecule has 0 aliphatic carbocycles. The number of nitro benzene ring substituents is 1. The average Bonchev–Trinajstić information content (AvgIpc) is 3.18. The van der Waals surface area contributed by atoms with Gasteiger partial charge in [0.15, 0.2) is 0 Å². The molecule has 4 aromatic rings. The number of fused-ring (bicyclic) bond motifs is 1. The van der Waals surface area contributed by atoms with E-state index in [1.165, 1.54) is 31.4 Å². The van der Waals surface area contributed by atoms with E-state index in [1.54, 1.807) is 12.1 Å². The molecule has 2 N–H and O–H groups in total. The van der Waals surface area contributed by atoms with Gasteiger partial charge in [-0.15, -0.1) is 0 Å². The number of anilines is 1. The molecule has 0 saturated carbocycles. The summed E-state index contributed by atoms with van der Waals surface area (Å²) in [6.07, 6.45) is 0. The molecule has 1 amide bonds. The minimum atomic E-state index is -0.542. The van der Waals surface area contributed by atoms with E-state index in [9.17, 15) is 14.9 Å². The Kier molecular flexibility index (Phi) is 4.66. The summed E-state index contributed by atoms with van der Waals surface area (Å²) >= 11 is 0. The lowest BCUT2D eigenvalue weighted by Crippen LogP contribution is -2.13. The molecule has 29 heavy (non-hydrogen) atoms. The number of benzene rings is 3. The summed E-state index contributed by atoms with van der Waals surface area (Å²) in [6, 6.07) is 18.5. The highest BCUT2D eigenvalue weighted by Crippen LogP contribution is 2.31. The number of nitrogens with one attached hydrogen (secondary N) is 2. The van der Waals surface area contributed by atoms with Crippen molar-refractivity contribution in [2.75, 3.05) is 12.4 Å². The molecule has 3 aromatic carbocycles. The molecule has 0 spiro atoms. The summed E-state index contributed by atoms with van der Waals surface area (Å²) in [7, 11) is 1.50. The van der Waals surface area contributed by atoms with Crippen molar-refractivity contribution in [1.82, 2.24) is 9.97 Å². The Morgan fingerprint density at radius 1 is 1.10 bits per heavy atom. The molecule has 0 aliphatic heterocycles. The number of nitro groups is 1. The number of hydrogen-bond donors (Lipinski definition) is 2. The second kappa shape index (κ2) is 7.43. The van der Waals surface area contributed by atoms with Gasteiger partial charge in [-0.25, -0.2) is 4.98 Å². The first-order chi connectivity index (χ1) is 14.0. The minimum Gasteiger partial charge on any atom is -0.495 e. The highest BCUT2D eigenvalue weighted by atomic mass is 16.6. The van der Waals surface area contributed by atoms with Crippen molar-refractivity contribution in [3.8, 4) is 17.1 Å². The number of carbonyl (C=O) groups excluding carboxylic acids is 1. The standard InChI is InChI=1S/C21H16N4O4/c1-29-19-10-9-13(20-22-16-7-2-3-8-17(16)23-20)12-18(19)24-21(26)14-5-4-6-15(11-14)25(27)28/h2-12H,1H3,(H,22,23)(H,24,26). The number of amides is 1. The molecule has 8 nitrogen and oxygen atoms in total. The van der Waals surface area contributed by atoms with E-state index >= 15 is 0 Å². The van der Waals surface area contributed by atoms with Crippen LogP contribution in [-0.4, -0.2) is 27.9 Å². The van der Waals surface area contributed by atoms with Crippen molar-refractivity contribution in [2.45, 2.75) is 0 Å². The fraction of sp³-hybridized carbons (Fsp3) is 0.0476. The SMILES string of the molecule is COc1ccc(-c2nc3ccccc3[nH]2)cc1NC(=O)c1cccc([N+](=O)[O-])c1. The summed E-state index contributed by atoms with van der Waals surface area (Å²) < 4.78 is 5.34. The molecule has 0 aliphatic rings. The van der Waals surface area contributed by atoms with Gasteiger partial charge in [0.05, 0.1) is 28.8 Å². The third kappa shape index (κ3) is 3.63. The molecule has 8 heteroatoms. The zero-order valence-electron chi connectivity index (χ0n) is 15.4. The van der Waals surface area contributed by atoms with Crippen LogP contribution in [0.15, 0.2) is 66.7 Å². The van der Waals surface area contributed by atoms with Crippen LogP contribution < -0.4 is 10.1 Å². The Labute approximate surface area is 165 Å². The lowest BCUT2D eigenvalue weighted by Gasteiger charge is -2.11. The van der Waals surface area contributed by atoms with Gasteiger partial charge in [-0.3, -0.25) is 14.9 Å². The Bertz CT molecular complexity index is 1200. The van der Waals surface area contributed by atoms with E-state index in [4.69, 9.17) is 4.74 Å². The van der Waals surface area contributed by atoms with Gasteiger partial charge < -0.3 is 15.0 Å². The van der Waals surface area contributed by atoms with Crippen LogP contribution >= 0.6 is 0 Å². The van der Waals surface area contributed by atoms with Crippen molar-refractivity contribution in [2.24, 2.45) is 0 Å². The zero-order chi connectivity index (χ0) is 20.4. The van der Waals surface area contributed by atoms with Gasteiger partial charge in [0.2, 0.25) is 0 Å². The average molecular weight is 388 g/mol. The van der Waals surface area contributed by atoms with Gasteiger partial charge in [-0.1, -0.05) is 18.2 Å². The molecule has 0 bridgehead atoms. The smallest absolute Gasteiger partial charge is 0.270 e. The number of nitrogens with zero attached hydrogens (tertiary/aromatic N) is 2. The number of ether oxygens (including phenoxy) is 1. The van der Waals surface area contributed by atoms with E-state index in [2.05, 4.69) is 15.3 Å². The van der Waals surface area contributed by atoms with Gasteiger partial charge in [0, 0.05) is 23.3 Å². The van der Waals surface area contributed by atoms with Crippen LogP contribution in [0.5, 0.6) is 5.75 Å². The molecule has 1 aromatic heterocycles. The Morgan fingerprint density at radius 3 is 2.69 bits per heavy atom. The molecule has 144 valence electrons. The second-order valence-corrected chi connectivity index (χ2v) is 6.28. The Balaban J connectivity index is 1.67. The van der Waals surface area contributed by atoms with Crippen molar-refractivity contribution < 1.29 is 14.5 Å². The number of hydrogen-bond acceptors (Lipinski definition) is 5. The van der Waals surface area contributed by atoms with Crippen molar-refractivity contribution in [1.29, 1.82) is 0 Å². The highest BCUT2D eigenvalue weighted by molar-refractivity contribution is 6.05. The lowest BCUT2D eigenvalue weighted by atomic mass is 10.1. The maximum absolute atomic E-state index is 12.6. The summed E-state index contributed by atoms with van der Waals surface area (Å²) in [4.78, 5) is 30.9. The normalized spacial score (nSPS) is 10.7. The third-order valence-electron chi connectivity index (χ3n) is 4.43. The zero-order valence-corrected chi connectivity index (χ0v) is 15.4. The molecule has 0 unspecified atom stereocenters. The van der Waals surface area contributed by atoms with E-state index in [1.807, 2.05) is 30.3 Å². The first-order valence-corrected chi connectivity index (χ1v) is 8.74. The predicted octanol–water partition coefficient (Wildman–Crippen LogP) is 4.40. The second-order valence-electron chi connectivity index (χ2n) is 6.28. The fourth-order valence-electron chi connectivity index (χ4n) is 3.00. The van der Waals surface area contributed by atoms with Crippen molar-refractivity contribution in [3.63, 3.8) is 0 Å². The minimum absolute atomic E-state index is 0.152. The van der Waals surface area contributed by atoms with Crippen LogP contribution in [0.3, 0.4) is 0 Å². The first-order valence-electron chi connectivity index (χ1n) is 8.74. The monoisotopic (exact) mass is 388 g/mol. The molecule has 0 saturated heterocycles. The lowest BCUT2D eigenvalue weighted by molar-refractivity contribution is -0.384. The maximum Gasteiger partial charge on any atom is 0.270 e. The van der Waals surface area contributed by atoms with Crippen LogP contribution in [0.4, 0.5) is 11.4 Å². The molecule has 4 rings (SSSR count). The quantitative estimate of drug-likeness (QED) is 0.389. The van der Waals surface area contributed by atoms with Crippen molar-refractivity contribution in [3.05, 3.63) is 82.4 Å². The van der Waals surface area contributed by atoms with Crippen LogP contribution in [0.25, 0.3) is 22.4 Å². The Morgan fingerprint density at radius 2 is 1.93 bits per heavy atom. The summed E-state index contributed by atoms with van der Waals surface area (Å²) in [6.45, 7) is 0. The van der Waals surface area contributed by atoms with E-state index in [0.717, 1.165) is 16.6 Å². The van der Waals surface area contributed by atoms with Gasteiger partial charge in [-0.2, -0.15) is 0 Å². The number of methoxy groups -OCH3 is 1. The van der Waals surface area contributed by atoms with Gasteiger partial charge >= 0.3 is 0 Å². The summed E-state index contributed by atoms with van der Waals surface area (Å²) in [5.74, 6) is 0.636. The number of H-pyrrole nitrogens is 1. The maximum atomic E-state index is 12.6. The third-order valence-corrected chi connectivity index (χ3v) is 4.43. The molecule has 1 heterocycles. The highest BCUT2D eigenvalue weighted by Gasteiger charge is 2.15. The molecule has 0 atom stereocenters. The van der Waals surface area contributed by atoms with Gasteiger partial charge in [0.1, 0.15) is 11.6 Å². The van der Waals surface area contributed by atoms with Crippen LogP contribution in [0.2, 0.25) is 0 Å². The Hall–Kier alpha value is -4.20. The number of para-hydroxylation sites is 2. The number of rotatable bonds is 5. The molecular weight excluding hydrogens is 372 g/mol. The van der Waals surface area contributed by atoms with Crippen LogP contribution in [-0.2, 0) is 0 Å². The summed E-state index contributed by atoms with van der Waals surface area (Å²) in [5, 5.41) is 13.7. The fourth-order valence-corrected chi connectivity index (χ4v) is 3.00. The van der Waals surface area contributed by atoms with Gasteiger partial charge in [-0.05, 0) is 36.4 Å². The van der Waals surface area contributed by atoms with Crippen molar-refractivity contribution >= 4 is 28.3 Å². The van der Waals surface area contributed by atoms with Gasteiger partial charge in [0.25, 0.3) is 11.6 Å². The predicted molar refractivity (Wildman–Crippen MR) is 109 cm³/mol. The number of non-ortho nitro benzene ring substituents is 1. The largest absolute Gasteiger partial charge is 0.495 e. The number of aromatic nitrogens is 2. The van der Waals surface area contributed by atoms with Crippen LogP contribution in [0, 0.1) is 10.1 Å². The first kappa shape index (κ1) is 18.2. The summed E-state index contributed by atoms with van der Waals surface area (Å²) in [5.41, 5.74) is 2.95.